The Bertz CT molecular complexity index is 1550. The maximum Gasteiger partial charge on any atom is 0.419 e. The van der Waals surface area contributed by atoms with Crippen LogP contribution in [-0.2, 0) is 18.8 Å². The van der Waals surface area contributed by atoms with Crippen molar-refractivity contribution in [3.63, 3.8) is 0 Å². The van der Waals surface area contributed by atoms with Crippen molar-refractivity contribution in [1.82, 2.24) is 28.9 Å². The van der Waals surface area contributed by atoms with E-state index >= 15 is 0 Å². The smallest absolute Gasteiger partial charge is 0.419 e. The third-order valence-electron chi connectivity index (χ3n) is 5.55. The van der Waals surface area contributed by atoms with Crippen LogP contribution in [0.3, 0.4) is 0 Å². The summed E-state index contributed by atoms with van der Waals surface area (Å²) < 4.78 is 10.7. The summed E-state index contributed by atoms with van der Waals surface area (Å²) in [4.78, 5) is 21.8. The van der Waals surface area contributed by atoms with Crippen LogP contribution in [0, 0.1) is 0 Å². The molecule has 4 heterocycles. The van der Waals surface area contributed by atoms with Gasteiger partial charge in [-0.05, 0) is 32.0 Å². The molecule has 0 unspecified atom stereocenters. The number of anilines is 2. The first-order valence-corrected chi connectivity index (χ1v) is 11.4. The van der Waals surface area contributed by atoms with Crippen LogP contribution in [0.25, 0.3) is 33.4 Å². The number of nitrogens with zero attached hydrogens (tertiary/aromatic N) is 6. The van der Waals surface area contributed by atoms with Crippen molar-refractivity contribution < 1.29 is 9.53 Å². The first kappa shape index (κ1) is 22.7. The van der Waals surface area contributed by atoms with Gasteiger partial charge in [-0.2, -0.15) is 5.10 Å². The molecule has 1 aromatic carbocycles. The number of aromatic nitrogens is 6. The molecule has 0 saturated carbocycles. The van der Waals surface area contributed by atoms with Gasteiger partial charge >= 0.3 is 6.09 Å². The van der Waals surface area contributed by atoms with Crippen molar-refractivity contribution in [3.05, 3.63) is 66.5 Å². The molecule has 0 aliphatic rings. The summed E-state index contributed by atoms with van der Waals surface area (Å²) in [7, 11) is 3.76. The van der Waals surface area contributed by atoms with Crippen LogP contribution in [0.15, 0.2) is 61.4 Å². The van der Waals surface area contributed by atoms with Gasteiger partial charge in [0.1, 0.15) is 5.82 Å². The number of hydrogen-bond donors (Lipinski definition) is 1. The number of nitrogens with one attached hydrogen (secondary N) is 1. The lowest BCUT2D eigenvalue weighted by molar-refractivity contribution is 0.118. The number of aryl methyl sites for hydroxylation is 2. The first-order valence-electron chi connectivity index (χ1n) is 11.0. The maximum absolute atomic E-state index is 13.1. The SMILES string of the molecule is CC(C)OC(=O)n1c(-c2cnn(C)c2)cc2cnc(Nc3ccc(-c4cncn4C)cc3Cl)cc21. The summed E-state index contributed by atoms with van der Waals surface area (Å²) >= 11 is 6.58. The highest BCUT2D eigenvalue weighted by atomic mass is 35.5. The second-order valence-corrected chi connectivity index (χ2v) is 8.95. The van der Waals surface area contributed by atoms with Crippen molar-refractivity contribution in [3.8, 4) is 22.5 Å². The van der Waals surface area contributed by atoms with Gasteiger partial charge in [0.2, 0.25) is 0 Å². The van der Waals surface area contributed by atoms with Crippen LogP contribution in [0.5, 0.6) is 0 Å². The standard InChI is InChI=1S/C25H24ClN7O2/c1-15(2)35-25(34)33-21(18-11-29-32(4)13-18)8-17-10-28-24(9-22(17)33)30-20-6-5-16(7-19(20)26)23-12-27-14-31(23)3/h5-15H,1-4H3,(H,28,30). The van der Waals surface area contributed by atoms with E-state index in [1.807, 2.05) is 69.0 Å². The summed E-state index contributed by atoms with van der Waals surface area (Å²) in [5.41, 5.74) is 4.75. The molecular formula is C25H24ClN7O2. The molecule has 0 spiro atoms. The van der Waals surface area contributed by atoms with Gasteiger partial charge in [-0.1, -0.05) is 17.7 Å². The number of carbonyl (C=O) groups excluding carboxylic acids is 1. The second kappa shape index (κ2) is 8.92. The number of carbonyl (C=O) groups is 1. The molecule has 1 N–H and O–H groups in total. The largest absolute Gasteiger partial charge is 0.446 e. The highest BCUT2D eigenvalue weighted by Crippen LogP contribution is 2.33. The van der Waals surface area contributed by atoms with E-state index in [0.717, 1.165) is 22.2 Å². The first-order chi connectivity index (χ1) is 16.8. The van der Waals surface area contributed by atoms with E-state index in [1.165, 1.54) is 0 Å². The molecular weight excluding hydrogens is 466 g/mol. The Hall–Kier alpha value is -4.11. The number of fused-ring (bicyclic) bond motifs is 1. The lowest BCUT2D eigenvalue weighted by atomic mass is 10.1. The quantitative estimate of drug-likeness (QED) is 0.344. The Balaban J connectivity index is 1.54. The van der Waals surface area contributed by atoms with E-state index < -0.39 is 6.09 Å². The van der Waals surface area contributed by atoms with E-state index in [1.54, 1.807) is 34.2 Å². The van der Waals surface area contributed by atoms with Crippen molar-refractivity contribution in [1.29, 1.82) is 0 Å². The molecule has 0 fully saturated rings. The molecule has 5 aromatic rings. The molecule has 0 saturated heterocycles. The molecule has 4 aromatic heterocycles. The molecule has 178 valence electrons. The van der Waals surface area contributed by atoms with E-state index in [-0.39, 0.29) is 6.10 Å². The third-order valence-corrected chi connectivity index (χ3v) is 5.86. The second-order valence-electron chi connectivity index (χ2n) is 8.54. The van der Waals surface area contributed by atoms with E-state index in [9.17, 15) is 4.79 Å². The Morgan fingerprint density at radius 3 is 2.54 bits per heavy atom. The van der Waals surface area contributed by atoms with Crippen LogP contribution in [0.4, 0.5) is 16.3 Å². The fourth-order valence-corrected chi connectivity index (χ4v) is 4.16. The molecule has 0 amide bonds. The van der Waals surface area contributed by atoms with E-state index in [4.69, 9.17) is 16.3 Å². The zero-order valence-corrected chi connectivity index (χ0v) is 20.5. The maximum atomic E-state index is 13.1. The van der Waals surface area contributed by atoms with Gasteiger partial charge in [-0.15, -0.1) is 0 Å². The summed E-state index contributed by atoms with van der Waals surface area (Å²) in [5, 5.41) is 8.84. The molecule has 0 atom stereocenters. The van der Waals surface area contributed by atoms with Crippen LogP contribution < -0.4 is 5.32 Å². The zero-order valence-electron chi connectivity index (χ0n) is 19.7. The topological polar surface area (TPSA) is 91.8 Å². The highest BCUT2D eigenvalue weighted by molar-refractivity contribution is 6.33. The van der Waals surface area contributed by atoms with Gasteiger partial charge in [0, 0.05) is 49.1 Å². The number of halogens is 1. The van der Waals surface area contributed by atoms with Crippen molar-refractivity contribution in [2.75, 3.05) is 5.32 Å². The van der Waals surface area contributed by atoms with Crippen LogP contribution in [0.1, 0.15) is 13.8 Å². The van der Waals surface area contributed by atoms with Crippen molar-refractivity contribution in [2.24, 2.45) is 14.1 Å². The third kappa shape index (κ3) is 4.38. The van der Waals surface area contributed by atoms with Gasteiger partial charge in [0.05, 0.1) is 52.4 Å². The number of hydrogen-bond acceptors (Lipinski definition) is 6. The van der Waals surface area contributed by atoms with E-state index in [0.29, 0.717) is 27.7 Å². The van der Waals surface area contributed by atoms with E-state index in [2.05, 4.69) is 20.4 Å². The fourth-order valence-electron chi connectivity index (χ4n) is 3.94. The molecule has 0 aliphatic carbocycles. The Morgan fingerprint density at radius 2 is 1.89 bits per heavy atom. The fraction of sp³-hybridized carbons (Fsp3) is 0.200. The molecule has 0 radical (unpaired) electrons. The summed E-state index contributed by atoms with van der Waals surface area (Å²) in [6, 6.07) is 9.45. The van der Waals surface area contributed by atoms with Crippen molar-refractivity contribution >= 4 is 40.1 Å². The molecule has 35 heavy (non-hydrogen) atoms. The minimum atomic E-state index is -0.468. The Kier molecular flexibility index (Phi) is 5.78. The summed E-state index contributed by atoms with van der Waals surface area (Å²) in [6.07, 6.45) is 8.08. The Morgan fingerprint density at radius 1 is 1.06 bits per heavy atom. The lowest BCUT2D eigenvalue weighted by Crippen LogP contribution is -2.18. The summed E-state index contributed by atoms with van der Waals surface area (Å²) in [5.74, 6) is 0.544. The number of benzene rings is 1. The monoisotopic (exact) mass is 489 g/mol. The van der Waals surface area contributed by atoms with Crippen LogP contribution >= 0.6 is 11.6 Å². The normalized spacial score (nSPS) is 11.4. The minimum absolute atomic E-state index is 0.266. The Labute approximate surface area is 206 Å². The number of ether oxygens (including phenoxy) is 1. The predicted molar refractivity (Wildman–Crippen MR) is 136 cm³/mol. The van der Waals surface area contributed by atoms with Gasteiger partial charge in [0.15, 0.2) is 0 Å². The van der Waals surface area contributed by atoms with Crippen LogP contribution in [0.2, 0.25) is 5.02 Å². The zero-order chi connectivity index (χ0) is 24.7. The van der Waals surface area contributed by atoms with Crippen molar-refractivity contribution in [2.45, 2.75) is 20.0 Å². The predicted octanol–water partition coefficient (Wildman–Crippen LogP) is 5.63. The number of pyridine rings is 1. The molecule has 0 bridgehead atoms. The van der Waals surface area contributed by atoms with Gasteiger partial charge in [-0.25, -0.2) is 19.3 Å². The molecule has 5 rings (SSSR count). The van der Waals surface area contributed by atoms with Gasteiger partial charge in [0.25, 0.3) is 0 Å². The minimum Gasteiger partial charge on any atom is -0.446 e. The average Bonchev–Trinajstić information content (AvgIpc) is 3.52. The number of rotatable bonds is 5. The summed E-state index contributed by atoms with van der Waals surface area (Å²) in [6.45, 7) is 3.64. The van der Waals surface area contributed by atoms with Crippen LogP contribution in [-0.4, -0.2) is 41.1 Å². The highest BCUT2D eigenvalue weighted by Gasteiger charge is 2.20. The molecule has 0 aliphatic heterocycles. The van der Waals surface area contributed by atoms with Gasteiger partial charge < -0.3 is 14.6 Å². The van der Waals surface area contributed by atoms with Gasteiger partial charge in [-0.3, -0.25) is 4.68 Å². The number of imidazole rings is 1. The average molecular weight is 490 g/mol. The molecule has 10 heteroatoms. The molecule has 9 nitrogen and oxygen atoms in total. The lowest BCUT2D eigenvalue weighted by Gasteiger charge is -2.13.